The molecule has 1 amide bonds. The van der Waals surface area contributed by atoms with Crippen molar-refractivity contribution >= 4 is 39.8 Å². The smallest absolute Gasteiger partial charge is 0.250 e. The summed E-state index contributed by atoms with van der Waals surface area (Å²) in [6, 6.07) is 11.7. The Morgan fingerprint density at radius 2 is 1.96 bits per heavy atom. The standard InChI is InChI=1S/C19H21BrN2O2S/c1-4-24-16-7-5-15(6-8-16)11-21-22-19(23)12-25-18-10-13(2)17(20)9-14(18)3/h5-11H,4,12H2,1-3H3,(H,22,23). The maximum Gasteiger partial charge on any atom is 0.250 e. The molecule has 0 radical (unpaired) electrons. The fraction of sp³-hybridized carbons (Fsp3) is 0.263. The van der Waals surface area contributed by atoms with Crippen molar-refractivity contribution in [3.05, 3.63) is 57.6 Å². The summed E-state index contributed by atoms with van der Waals surface area (Å²) >= 11 is 5.02. The first-order valence-corrected chi connectivity index (χ1v) is 9.71. The number of hydrogen-bond acceptors (Lipinski definition) is 4. The minimum Gasteiger partial charge on any atom is -0.494 e. The number of aryl methyl sites for hydroxylation is 2. The van der Waals surface area contributed by atoms with E-state index in [1.54, 1.807) is 6.21 Å². The first-order chi connectivity index (χ1) is 12.0. The predicted octanol–water partition coefficient (Wildman–Crippen LogP) is 4.71. The van der Waals surface area contributed by atoms with Crippen LogP contribution in [0.1, 0.15) is 23.6 Å². The van der Waals surface area contributed by atoms with E-state index in [1.807, 2.05) is 45.0 Å². The number of thioether (sulfide) groups is 1. The number of rotatable bonds is 7. The number of nitrogens with zero attached hydrogens (tertiary/aromatic N) is 1. The SMILES string of the molecule is CCOc1ccc(C=NNC(=O)CSc2cc(C)c(Br)cc2C)cc1. The van der Waals surface area contributed by atoms with Crippen molar-refractivity contribution < 1.29 is 9.53 Å². The molecular weight excluding hydrogens is 400 g/mol. The molecule has 0 unspecified atom stereocenters. The number of benzene rings is 2. The zero-order chi connectivity index (χ0) is 18.2. The second-order valence-electron chi connectivity index (χ2n) is 5.45. The van der Waals surface area contributed by atoms with Crippen LogP contribution in [0.25, 0.3) is 0 Å². The molecule has 0 saturated heterocycles. The van der Waals surface area contributed by atoms with Gasteiger partial charge in [0.2, 0.25) is 5.91 Å². The average molecular weight is 421 g/mol. The van der Waals surface area contributed by atoms with Gasteiger partial charge in [0.1, 0.15) is 5.75 Å². The summed E-state index contributed by atoms with van der Waals surface area (Å²) in [7, 11) is 0. The molecule has 0 heterocycles. The van der Waals surface area contributed by atoms with Crippen LogP contribution in [0.3, 0.4) is 0 Å². The van der Waals surface area contributed by atoms with Gasteiger partial charge < -0.3 is 4.74 Å². The number of amides is 1. The van der Waals surface area contributed by atoms with Crippen molar-refractivity contribution in [1.29, 1.82) is 0 Å². The summed E-state index contributed by atoms with van der Waals surface area (Å²) in [5, 5.41) is 4.00. The monoisotopic (exact) mass is 420 g/mol. The van der Waals surface area contributed by atoms with Crippen LogP contribution in [-0.2, 0) is 4.79 Å². The van der Waals surface area contributed by atoms with Gasteiger partial charge >= 0.3 is 0 Å². The molecule has 0 spiro atoms. The van der Waals surface area contributed by atoms with Crippen LogP contribution in [0, 0.1) is 13.8 Å². The Morgan fingerprint density at radius 1 is 1.24 bits per heavy atom. The normalized spacial score (nSPS) is 10.9. The first-order valence-electron chi connectivity index (χ1n) is 7.94. The van der Waals surface area contributed by atoms with Crippen LogP contribution in [-0.4, -0.2) is 24.5 Å². The van der Waals surface area contributed by atoms with Crippen LogP contribution < -0.4 is 10.2 Å². The lowest BCUT2D eigenvalue weighted by Crippen LogP contribution is -2.19. The molecule has 2 aromatic carbocycles. The van der Waals surface area contributed by atoms with Gasteiger partial charge in [-0.3, -0.25) is 4.79 Å². The number of ether oxygens (including phenoxy) is 1. The van der Waals surface area contributed by atoms with Gasteiger partial charge in [-0.15, -0.1) is 11.8 Å². The van der Waals surface area contributed by atoms with E-state index in [1.165, 1.54) is 11.8 Å². The zero-order valence-electron chi connectivity index (χ0n) is 14.5. The molecule has 6 heteroatoms. The fourth-order valence-electron chi connectivity index (χ4n) is 2.08. The Balaban J connectivity index is 1.83. The van der Waals surface area contributed by atoms with E-state index in [2.05, 4.69) is 38.6 Å². The van der Waals surface area contributed by atoms with Gasteiger partial charge in [-0.05, 0) is 73.9 Å². The summed E-state index contributed by atoms with van der Waals surface area (Å²) < 4.78 is 6.47. The van der Waals surface area contributed by atoms with Gasteiger partial charge in [0, 0.05) is 9.37 Å². The van der Waals surface area contributed by atoms with Gasteiger partial charge in [-0.1, -0.05) is 15.9 Å². The maximum atomic E-state index is 11.9. The van der Waals surface area contributed by atoms with Gasteiger partial charge in [0.05, 0.1) is 18.6 Å². The van der Waals surface area contributed by atoms with Gasteiger partial charge in [-0.2, -0.15) is 5.10 Å². The molecule has 0 saturated carbocycles. The van der Waals surface area contributed by atoms with E-state index < -0.39 is 0 Å². The van der Waals surface area contributed by atoms with Crippen molar-refractivity contribution in [2.24, 2.45) is 5.10 Å². The Hall–Kier alpha value is -1.79. The number of hydrogen-bond donors (Lipinski definition) is 1. The highest BCUT2D eigenvalue weighted by Gasteiger charge is 2.06. The molecule has 25 heavy (non-hydrogen) atoms. The van der Waals surface area contributed by atoms with Crippen molar-refractivity contribution in [3.8, 4) is 5.75 Å². The second-order valence-corrected chi connectivity index (χ2v) is 7.32. The third kappa shape index (κ3) is 6.21. The molecule has 0 aliphatic carbocycles. The molecule has 0 atom stereocenters. The largest absolute Gasteiger partial charge is 0.494 e. The lowest BCUT2D eigenvalue weighted by molar-refractivity contribution is -0.118. The summed E-state index contributed by atoms with van der Waals surface area (Å²) in [5.74, 6) is 1.01. The molecule has 2 rings (SSSR count). The molecule has 0 aliphatic heterocycles. The van der Waals surface area contributed by atoms with Crippen LogP contribution in [0.2, 0.25) is 0 Å². The number of carbonyl (C=O) groups excluding carboxylic acids is 1. The van der Waals surface area contributed by atoms with Crippen LogP contribution >= 0.6 is 27.7 Å². The molecule has 0 bridgehead atoms. The summed E-state index contributed by atoms with van der Waals surface area (Å²) in [6.07, 6.45) is 1.62. The summed E-state index contributed by atoms with van der Waals surface area (Å²) in [4.78, 5) is 13.0. The molecule has 0 aliphatic rings. The number of nitrogens with one attached hydrogen (secondary N) is 1. The topological polar surface area (TPSA) is 50.7 Å². The third-order valence-corrected chi connectivity index (χ3v) is 5.42. The summed E-state index contributed by atoms with van der Waals surface area (Å²) in [5.41, 5.74) is 5.76. The van der Waals surface area contributed by atoms with Gasteiger partial charge in [0.15, 0.2) is 0 Å². The molecule has 2 aromatic rings. The predicted molar refractivity (Wildman–Crippen MR) is 108 cm³/mol. The second kappa shape index (κ2) is 9.63. The van der Waals surface area contributed by atoms with Crippen LogP contribution in [0.5, 0.6) is 5.75 Å². The van der Waals surface area contributed by atoms with Gasteiger partial charge in [0.25, 0.3) is 0 Å². The Kier molecular flexibility index (Phi) is 7.52. The lowest BCUT2D eigenvalue weighted by atomic mass is 10.2. The van der Waals surface area contributed by atoms with E-state index >= 15 is 0 Å². The van der Waals surface area contributed by atoms with E-state index in [9.17, 15) is 4.79 Å². The number of hydrazone groups is 1. The minimum absolute atomic E-state index is 0.132. The van der Waals surface area contributed by atoms with Crippen molar-refractivity contribution in [1.82, 2.24) is 5.43 Å². The average Bonchev–Trinajstić information content (AvgIpc) is 2.59. The highest BCUT2D eigenvalue weighted by Crippen LogP contribution is 2.28. The van der Waals surface area contributed by atoms with Crippen molar-refractivity contribution in [2.45, 2.75) is 25.7 Å². The summed E-state index contributed by atoms with van der Waals surface area (Å²) in [6.45, 7) is 6.65. The Labute approximate surface area is 161 Å². The Morgan fingerprint density at radius 3 is 2.64 bits per heavy atom. The van der Waals surface area contributed by atoms with E-state index in [0.717, 1.165) is 31.8 Å². The zero-order valence-corrected chi connectivity index (χ0v) is 16.9. The maximum absolute atomic E-state index is 11.9. The molecular formula is C19H21BrN2O2S. The molecule has 0 fully saturated rings. The molecule has 1 N–H and O–H groups in total. The van der Waals surface area contributed by atoms with Crippen LogP contribution in [0.4, 0.5) is 0 Å². The number of halogens is 1. The first kappa shape index (κ1) is 19.5. The highest BCUT2D eigenvalue weighted by molar-refractivity contribution is 9.10. The minimum atomic E-state index is -0.132. The van der Waals surface area contributed by atoms with Crippen molar-refractivity contribution in [2.75, 3.05) is 12.4 Å². The number of carbonyl (C=O) groups is 1. The van der Waals surface area contributed by atoms with E-state index in [0.29, 0.717) is 12.4 Å². The molecule has 132 valence electrons. The van der Waals surface area contributed by atoms with E-state index in [4.69, 9.17) is 4.74 Å². The van der Waals surface area contributed by atoms with E-state index in [-0.39, 0.29) is 5.91 Å². The Bertz CT molecular complexity index is 761. The highest BCUT2D eigenvalue weighted by atomic mass is 79.9. The molecule has 4 nitrogen and oxygen atoms in total. The lowest BCUT2D eigenvalue weighted by Gasteiger charge is -2.08. The van der Waals surface area contributed by atoms with Gasteiger partial charge in [-0.25, -0.2) is 5.43 Å². The molecule has 0 aromatic heterocycles. The fourth-order valence-corrected chi connectivity index (χ4v) is 3.44. The van der Waals surface area contributed by atoms with Crippen molar-refractivity contribution in [3.63, 3.8) is 0 Å². The third-order valence-electron chi connectivity index (χ3n) is 3.41. The van der Waals surface area contributed by atoms with Crippen LogP contribution in [0.15, 0.2) is 50.9 Å². The quantitative estimate of drug-likeness (QED) is 0.400.